The fourth-order valence-corrected chi connectivity index (χ4v) is 1.78. The van der Waals surface area contributed by atoms with Gasteiger partial charge in [0.1, 0.15) is 12.4 Å². The third-order valence-corrected chi connectivity index (χ3v) is 3.06. The monoisotopic (exact) mass is 290 g/mol. The van der Waals surface area contributed by atoms with Crippen LogP contribution in [0.15, 0.2) is 42.6 Å². The van der Waals surface area contributed by atoms with E-state index in [0.29, 0.717) is 12.6 Å². The lowest BCUT2D eigenvalue weighted by Crippen LogP contribution is -2.22. The Morgan fingerprint density at radius 3 is 2.50 bits per heavy atom. The maximum Gasteiger partial charge on any atom is 0.138 e. The second kappa shape index (κ2) is 7.27. The average Bonchev–Trinajstić information content (AvgIpc) is 2.45. The number of nitrogens with zero attached hydrogens (tertiary/aromatic N) is 1. The molecule has 0 atom stereocenters. The predicted molar refractivity (Wildman–Crippen MR) is 82.0 cm³/mol. The summed E-state index contributed by atoms with van der Waals surface area (Å²) < 4.78 is 5.69. The van der Waals surface area contributed by atoms with Gasteiger partial charge in [0, 0.05) is 17.6 Å². The van der Waals surface area contributed by atoms with Crippen LogP contribution in [0.3, 0.4) is 0 Å². The molecule has 0 amide bonds. The summed E-state index contributed by atoms with van der Waals surface area (Å²) in [6, 6.07) is 12.0. The molecule has 0 spiro atoms. The van der Waals surface area contributed by atoms with Crippen molar-refractivity contribution in [3.63, 3.8) is 0 Å². The third-order valence-electron chi connectivity index (χ3n) is 2.81. The molecule has 0 aliphatic rings. The summed E-state index contributed by atoms with van der Waals surface area (Å²) in [5, 5.41) is 4.06. The van der Waals surface area contributed by atoms with Crippen LogP contribution in [-0.4, -0.2) is 11.0 Å². The van der Waals surface area contributed by atoms with Gasteiger partial charge in [-0.15, -0.1) is 0 Å². The first-order valence-electron chi connectivity index (χ1n) is 6.69. The van der Waals surface area contributed by atoms with E-state index in [1.54, 1.807) is 6.20 Å². The van der Waals surface area contributed by atoms with E-state index in [9.17, 15) is 0 Å². The van der Waals surface area contributed by atoms with Gasteiger partial charge in [0.25, 0.3) is 0 Å². The number of rotatable bonds is 6. The van der Waals surface area contributed by atoms with E-state index in [4.69, 9.17) is 16.3 Å². The number of benzene rings is 1. The van der Waals surface area contributed by atoms with Crippen LogP contribution in [0.25, 0.3) is 0 Å². The molecule has 1 aromatic carbocycles. The fourth-order valence-electron chi connectivity index (χ4n) is 1.66. The number of halogens is 1. The van der Waals surface area contributed by atoms with E-state index in [0.717, 1.165) is 28.6 Å². The SMILES string of the molecule is CC(C)NCc1ccc(OCc2ccc(Cl)cc2)cn1. The Bertz CT molecular complexity index is 523. The molecule has 4 heteroatoms. The van der Waals surface area contributed by atoms with Gasteiger partial charge in [0.05, 0.1) is 11.9 Å². The average molecular weight is 291 g/mol. The van der Waals surface area contributed by atoms with Gasteiger partial charge in [-0.05, 0) is 29.8 Å². The highest BCUT2D eigenvalue weighted by Gasteiger charge is 1.99. The number of hydrogen-bond donors (Lipinski definition) is 1. The van der Waals surface area contributed by atoms with E-state index in [2.05, 4.69) is 24.1 Å². The van der Waals surface area contributed by atoms with Crippen molar-refractivity contribution in [3.05, 3.63) is 58.9 Å². The molecule has 20 heavy (non-hydrogen) atoms. The predicted octanol–water partition coefficient (Wildman–Crippen LogP) is 3.81. The van der Waals surface area contributed by atoms with Gasteiger partial charge in [0.2, 0.25) is 0 Å². The van der Waals surface area contributed by atoms with Crippen molar-refractivity contribution in [2.45, 2.75) is 33.0 Å². The van der Waals surface area contributed by atoms with Gasteiger partial charge in [0.15, 0.2) is 0 Å². The summed E-state index contributed by atoms with van der Waals surface area (Å²) in [5.74, 6) is 0.772. The van der Waals surface area contributed by atoms with Crippen molar-refractivity contribution >= 4 is 11.6 Å². The van der Waals surface area contributed by atoms with Gasteiger partial charge in [-0.25, -0.2) is 0 Å². The summed E-state index contributed by atoms with van der Waals surface area (Å²) in [4.78, 5) is 4.37. The molecule has 1 heterocycles. The normalized spacial score (nSPS) is 10.8. The van der Waals surface area contributed by atoms with Gasteiger partial charge in [-0.1, -0.05) is 37.6 Å². The van der Waals surface area contributed by atoms with Gasteiger partial charge in [-0.3, -0.25) is 4.98 Å². The van der Waals surface area contributed by atoms with Gasteiger partial charge >= 0.3 is 0 Å². The Hall–Kier alpha value is -1.58. The summed E-state index contributed by atoms with van der Waals surface area (Å²) in [6.45, 7) is 5.52. The minimum Gasteiger partial charge on any atom is -0.487 e. The summed E-state index contributed by atoms with van der Waals surface area (Å²) >= 11 is 5.84. The Labute approximate surface area is 124 Å². The minimum absolute atomic E-state index is 0.456. The first-order chi connectivity index (χ1) is 9.63. The van der Waals surface area contributed by atoms with Crippen molar-refractivity contribution in [1.82, 2.24) is 10.3 Å². The Morgan fingerprint density at radius 1 is 1.15 bits per heavy atom. The van der Waals surface area contributed by atoms with Gasteiger partial charge < -0.3 is 10.1 Å². The van der Waals surface area contributed by atoms with Crippen LogP contribution < -0.4 is 10.1 Å². The molecule has 0 radical (unpaired) electrons. The molecule has 0 unspecified atom stereocenters. The van der Waals surface area contributed by atoms with Crippen molar-refractivity contribution in [2.75, 3.05) is 0 Å². The molecule has 0 fully saturated rings. The largest absolute Gasteiger partial charge is 0.487 e. The van der Waals surface area contributed by atoms with Crippen molar-refractivity contribution < 1.29 is 4.74 Å². The summed E-state index contributed by atoms with van der Waals surface area (Å²) in [6.07, 6.45) is 1.76. The van der Waals surface area contributed by atoms with Crippen LogP contribution in [-0.2, 0) is 13.2 Å². The second-order valence-electron chi connectivity index (χ2n) is 4.94. The van der Waals surface area contributed by atoms with Crippen molar-refractivity contribution in [3.8, 4) is 5.75 Å². The van der Waals surface area contributed by atoms with Crippen molar-refractivity contribution in [1.29, 1.82) is 0 Å². The zero-order chi connectivity index (χ0) is 14.4. The fraction of sp³-hybridized carbons (Fsp3) is 0.312. The van der Waals surface area contributed by atoms with E-state index in [1.807, 2.05) is 36.4 Å². The van der Waals surface area contributed by atoms with Crippen LogP contribution in [0.1, 0.15) is 25.1 Å². The number of nitrogens with one attached hydrogen (secondary N) is 1. The van der Waals surface area contributed by atoms with Gasteiger partial charge in [-0.2, -0.15) is 0 Å². The van der Waals surface area contributed by atoms with Crippen LogP contribution in [0.5, 0.6) is 5.75 Å². The van der Waals surface area contributed by atoms with Crippen LogP contribution in [0, 0.1) is 0 Å². The molecular formula is C16H19ClN2O. The van der Waals surface area contributed by atoms with E-state index in [-0.39, 0.29) is 0 Å². The Morgan fingerprint density at radius 2 is 1.90 bits per heavy atom. The molecule has 3 nitrogen and oxygen atoms in total. The molecule has 0 bridgehead atoms. The highest BCUT2D eigenvalue weighted by Crippen LogP contribution is 2.14. The number of aromatic nitrogens is 1. The molecule has 106 valence electrons. The molecule has 2 aromatic rings. The summed E-state index contributed by atoms with van der Waals surface area (Å²) in [5.41, 5.74) is 2.09. The van der Waals surface area contributed by atoms with Crippen LogP contribution in [0.2, 0.25) is 5.02 Å². The molecule has 0 saturated carbocycles. The third kappa shape index (κ3) is 4.83. The molecule has 1 N–H and O–H groups in total. The number of pyridine rings is 1. The minimum atomic E-state index is 0.456. The molecule has 0 saturated heterocycles. The lowest BCUT2D eigenvalue weighted by atomic mass is 10.2. The van der Waals surface area contributed by atoms with Crippen molar-refractivity contribution in [2.24, 2.45) is 0 Å². The highest BCUT2D eigenvalue weighted by molar-refractivity contribution is 6.30. The molecule has 1 aromatic heterocycles. The Balaban J connectivity index is 1.85. The molecule has 2 rings (SSSR count). The lowest BCUT2D eigenvalue weighted by Gasteiger charge is -2.09. The number of ether oxygens (including phenoxy) is 1. The lowest BCUT2D eigenvalue weighted by molar-refractivity contribution is 0.304. The Kier molecular flexibility index (Phi) is 5.39. The topological polar surface area (TPSA) is 34.1 Å². The van der Waals surface area contributed by atoms with E-state index >= 15 is 0 Å². The van der Waals surface area contributed by atoms with E-state index < -0.39 is 0 Å². The first kappa shape index (κ1) is 14.8. The van der Waals surface area contributed by atoms with E-state index in [1.165, 1.54) is 0 Å². The number of hydrogen-bond acceptors (Lipinski definition) is 3. The quantitative estimate of drug-likeness (QED) is 0.878. The maximum absolute atomic E-state index is 5.84. The zero-order valence-electron chi connectivity index (χ0n) is 11.8. The molecular weight excluding hydrogens is 272 g/mol. The molecule has 0 aliphatic heterocycles. The van der Waals surface area contributed by atoms with Crippen LogP contribution >= 0.6 is 11.6 Å². The van der Waals surface area contributed by atoms with Crippen LogP contribution in [0.4, 0.5) is 0 Å². The smallest absolute Gasteiger partial charge is 0.138 e. The zero-order valence-corrected chi connectivity index (χ0v) is 12.5. The first-order valence-corrected chi connectivity index (χ1v) is 7.07. The highest BCUT2D eigenvalue weighted by atomic mass is 35.5. The standard InChI is InChI=1S/C16H19ClN2O/c1-12(2)18-9-15-7-8-16(10-19-15)20-11-13-3-5-14(17)6-4-13/h3-8,10,12,18H,9,11H2,1-2H3. The maximum atomic E-state index is 5.84. The summed E-state index contributed by atoms with van der Waals surface area (Å²) in [7, 11) is 0. The second-order valence-corrected chi connectivity index (χ2v) is 5.37. The molecule has 0 aliphatic carbocycles.